The number of aromatic nitrogens is 2. The van der Waals surface area contributed by atoms with E-state index in [9.17, 15) is 4.79 Å². The molecule has 2 aromatic rings. The molecule has 26 heavy (non-hydrogen) atoms. The number of rotatable bonds is 11. The average Bonchev–Trinajstić information content (AvgIpc) is 2.96. The normalized spacial score (nSPS) is 11.1. The van der Waals surface area contributed by atoms with Crippen LogP contribution in [0.15, 0.2) is 18.2 Å². The number of nitrogens with one attached hydrogen (secondary N) is 1. The van der Waals surface area contributed by atoms with Crippen molar-refractivity contribution >= 4 is 45.8 Å². The summed E-state index contributed by atoms with van der Waals surface area (Å²) < 4.78 is 2.12. The summed E-state index contributed by atoms with van der Waals surface area (Å²) in [6.07, 6.45) is 3.83. The van der Waals surface area contributed by atoms with Crippen LogP contribution in [0, 0.1) is 0 Å². The second-order valence-electron chi connectivity index (χ2n) is 6.22. The highest BCUT2D eigenvalue weighted by atomic mass is 35.5. The molecule has 144 valence electrons. The Labute approximate surface area is 164 Å². The molecule has 2 N–H and O–H groups in total. The fraction of sp³-hybridized carbons (Fsp3) is 0.556. The molecule has 0 aliphatic heterocycles. The summed E-state index contributed by atoms with van der Waals surface area (Å²) in [6, 6.07) is 6.26. The molecule has 8 heteroatoms. The van der Waals surface area contributed by atoms with Gasteiger partial charge in [0.05, 0.1) is 11.0 Å². The SMILES string of the molecule is Cn1c(CCCCCC(=O)NO)nc2cc(N(CCCl)CCCl)ccc21. The van der Waals surface area contributed by atoms with Crippen LogP contribution in [0.25, 0.3) is 11.0 Å². The molecule has 0 saturated heterocycles. The maximum absolute atomic E-state index is 11.0. The molecule has 0 radical (unpaired) electrons. The monoisotopic (exact) mass is 400 g/mol. The van der Waals surface area contributed by atoms with Crippen molar-refractivity contribution in [3.05, 3.63) is 24.0 Å². The highest BCUT2D eigenvalue weighted by molar-refractivity contribution is 6.18. The Hall–Kier alpha value is -1.50. The number of unbranched alkanes of at least 4 members (excludes halogenated alkanes) is 2. The van der Waals surface area contributed by atoms with Crippen LogP contribution < -0.4 is 10.4 Å². The molecule has 2 rings (SSSR count). The zero-order valence-electron chi connectivity index (χ0n) is 15.0. The first-order valence-corrected chi connectivity index (χ1v) is 9.92. The quantitative estimate of drug-likeness (QED) is 0.262. The van der Waals surface area contributed by atoms with Gasteiger partial charge in [0.25, 0.3) is 0 Å². The molecule has 1 aromatic heterocycles. The van der Waals surface area contributed by atoms with Gasteiger partial charge in [0.2, 0.25) is 5.91 Å². The summed E-state index contributed by atoms with van der Waals surface area (Å²) >= 11 is 11.8. The second-order valence-corrected chi connectivity index (χ2v) is 6.98. The number of hydrogen-bond donors (Lipinski definition) is 2. The standard InChI is InChI=1S/C18H26Cl2N4O2/c1-23-16-8-7-14(24(11-9-19)12-10-20)13-15(16)21-17(23)5-3-2-4-6-18(25)22-26/h7-8,13,26H,2-6,9-12H2,1H3,(H,22,25). The third-order valence-corrected chi connectivity index (χ3v) is 4.80. The Morgan fingerprint density at radius 2 is 1.96 bits per heavy atom. The fourth-order valence-corrected chi connectivity index (χ4v) is 3.44. The van der Waals surface area contributed by atoms with Gasteiger partial charge in [-0.1, -0.05) is 6.42 Å². The molecule has 0 saturated carbocycles. The van der Waals surface area contributed by atoms with Crippen LogP contribution in [0.1, 0.15) is 31.5 Å². The van der Waals surface area contributed by atoms with E-state index in [0.29, 0.717) is 18.2 Å². The van der Waals surface area contributed by atoms with E-state index in [4.69, 9.17) is 33.4 Å². The predicted octanol–water partition coefficient (Wildman–Crippen LogP) is 3.47. The van der Waals surface area contributed by atoms with Crippen molar-refractivity contribution in [2.45, 2.75) is 32.1 Å². The van der Waals surface area contributed by atoms with Crippen LogP contribution in [-0.2, 0) is 18.3 Å². The molecule has 0 fully saturated rings. The summed E-state index contributed by atoms with van der Waals surface area (Å²) in [5, 5.41) is 8.48. The summed E-state index contributed by atoms with van der Waals surface area (Å²) in [5.74, 6) is 1.80. The average molecular weight is 401 g/mol. The maximum atomic E-state index is 11.0. The van der Waals surface area contributed by atoms with Crippen molar-refractivity contribution in [2.24, 2.45) is 7.05 Å². The van der Waals surface area contributed by atoms with E-state index in [2.05, 4.69) is 27.7 Å². The van der Waals surface area contributed by atoms with Gasteiger partial charge >= 0.3 is 0 Å². The molecular formula is C18H26Cl2N4O2. The molecule has 0 bridgehead atoms. The largest absolute Gasteiger partial charge is 0.369 e. The van der Waals surface area contributed by atoms with E-state index in [1.54, 1.807) is 5.48 Å². The fourth-order valence-electron chi connectivity index (χ4n) is 3.03. The minimum atomic E-state index is -0.335. The van der Waals surface area contributed by atoms with Crippen LogP contribution in [0.2, 0.25) is 0 Å². The number of nitrogens with zero attached hydrogens (tertiary/aromatic N) is 3. The van der Waals surface area contributed by atoms with E-state index >= 15 is 0 Å². The molecule has 1 heterocycles. The Morgan fingerprint density at radius 3 is 2.62 bits per heavy atom. The molecule has 0 unspecified atom stereocenters. The van der Waals surface area contributed by atoms with E-state index in [1.165, 1.54) is 0 Å². The smallest absolute Gasteiger partial charge is 0.243 e. The lowest BCUT2D eigenvalue weighted by Crippen LogP contribution is -2.27. The molecular weight excluding hydrogens is 375 g/mol. The van der Waals surface area contributed by atoms with Crippen LogP contribution >= 0.6 is 23.2 Å². The number of benzene rings is 1. The lowest BCUT2D eigenvalue weighted by Gasteiger charge is -2.22. The van der Waals surface area contributed by atoms with Gasteiger partial charge in [0.1, 0.15) is 5.82 Å². The maximum Gasteiger partial charge on any atom is 0.243 e. The molecule has 1 aromatic carbocycles. The summed E-state index contributed by atoms with van der Waals surface area (Å²) in [4.78, 5) is 17.9. The number of aryl methyl sites for hydroxylation is 2. The Bertz CT molecular complexity index is 715. The lowest BCUT2D eigenvalue weighted by atomic mass is 10.1. The minimum Gasteiger partial charge on any atom is -0.369 e. The summed E-state index contributed by atoms with van der Waals surface area (Å²) in [5.41, 5.74) is 4.80. The summed E-state index contributed by atoms with van der Waals surface area (Å²) in [7, 11) is 2.03. The topological polar surface area (TPSA) is 70.4 Å². The number of fused-ring (bicyclic) bond motifs is 1. The first-order chi connectivity index (χ1) is 12.6. The number of carbonyl (C=O) groups is 1. The van der Waals surface area contributed by atoms with E-state index in [1.807, 2.05) is 7.05 Å². The van der Waals surface area contributed by atoms with Gasteiger partial charge in [0.15, 0.2) is 0 Å². The van der Waals surface area contributed by atoms with E-state index in [-0.39, 0.29) is 5.91 Å². The number of hydrogen-bond acceptors (Lipinski definition) is 4. The van der Waals surface area contributed by atoms with Crippen LogP contribution in [-0.4, -0.2) is 45.5 Å². The number of alkyl halides is 2. The van der Waals surface area contributed by atoms with Crippen LogP contribution in [0.3, 0.4) is 0 Å². The van der Waals surface area contributed by atoms with Gasteiger partial charge in [-0.3, -0.25) is 10.0 Å². The van der Waals surface area contributed by atoms with Crippen molar-refractivity contribution in [3.63, 3.8) is 0 Å². The third kappa shape index (κ3) is 5.50. The van der Waals surface area contributed by atoms with Crippen LogP contribution in [0.4, 0.5) is 5.69 Å². The molecule has 0 spiro atoms. The summed E-state index contributed by atoms with van der Waals surface area (Å²) in [6.45, 7) is 1.50. The van der Waals surface area contributed by atoms with Gasteiger partial charge < -0.3 is 9.47 Å². The Morgan fingerprint density at radius 1 is 1.23 bits per heavy atom. The number of halogens is 2. The van der Waals surface area contributed by atoms with Gasteiger partial charge in [-0.2, -0.15) is 0 Å². The highest BCUT2D eigenvalue weighted by Crippen LogP contribution is 2.23. The highest BCUT2D eigenvalue weighted by Gasteiger charge is 2.11. The number of anilines is 1. The number of carbonyl (C=O) groups excluding carboxylic acids is 1. The lowest BCUT2D eigenvalue weighted by molar-refractivity contribution is -0.129. The Balaban J connectivity index is 2.03. The van der Waals surface area contributed by atoms with E-state index < -0.39 is 0 Å². The van der Waals surface area contributed by atoms with E-state index in [0.717, 1.165) is 61.3 Å². The number of imidazole rings is 1. The van der Waals surface area contributed by atoms with Crippen molar-refractivity contribution in [3.8, 4) is 0 Å². The van der Waals surface area contributed by atoms with Gasteiger partial charge in [0, 0.05) is 50.4 Å². The minimum absolute atomic E-state index is 0.335. The van der Waals surface area contributed by atoms with Crippen molar-refractivity contribution in [2.75, 3.05) is 29.7 Å². The number of hydroxylamine groups is 1. The molecule has 0 aliphatic rings. The molecule has 0 aliphatic carbocycles. The second kappa shape index (κ2) is 10.6. The first-order valence-electron chi connectivity index (χ1n) is 8.86. The van der Waals surface area contributed by atoms with Crippen molar-refractivity contribution < 1.29 is 10.0 Å². The predicted molar refractivity (Wildman–Crippen MR) is 106 cm³/mol. The molecule has 1 amide bonds. The number of amides is 1. The molecule has 6 nitrogen and oxygen atoms in total. The van der Waals surface area contributed by atoms with Gasteiger partial charge in [-0.25, -0.2) is 10.5 Å². The zero-order valence-corrected chi connectivity index (χ0v) is 16.6. The van der Waals surface area contributed by atoms with Gasteiger partial charge in [-0.05, 0) is 31.0 Å². The van der Waals surface area contributed by atoms with Crippen LogP contribution in [0.5, 0.6) is 0 Å². The van der Waals surface area contributed by atoms with Crippen molar-refractivity contribution in [1.82, 2.24) is 15.0 Å². The first kappa shape index (κ1) is 20.8. The zero-order chi connectivity index (χ0) is 18.9. The van der Waals surface area contributed by atoms with Gasteiger partial charge in [-0.15, -0.1) is 23.2 Å². The Kier molecular flexibility index (Phi) is 8.48. The van der Waals surface area contributed by atoms with Crippen molar-refractivity contribution in [1.29, 1.82) is 0 Å². The molecule has 0 atom stereocenters. The third-order valence-electron chi connectivity index (χ3n) is 4.46.